The van der Waals surface area contributed by atoms with Crippen molar-refractivity contribution in [2.45, 2.75) is 47.6 Å². The highest BCUT2D eigenvalue weighted by Crippen LogP contribution is 2.26. The Kier molecular flexibility index (Phi) is 3.80. The lowest BCUT2D eigenvalue weighted by atomic mass is 9.96. The van der Waals surface area contributed by atoms with Gasteiger partial charge in [0.25, 0.3) is 0 Å². The monoisotopic (exact) mass is 270 g/mol. The quantitative estimate of drug-likeness (QED) is 0.782. The van der Waals surface area contributed by atoms with Crippen molar-refractivity contribution in [3.63, 3.8) is 0 Å². The lowest BCUT2D eigenvalue weighted by Gasteiger charge is -2.21. The molecule has 0 saturated heterocycles. The summed E-state index contributed by atoms with van der Waals surface area (Å²) in [7, 11) is 0. The lowest BCUT2D eigenvalue weighted by molar-refractivity contribution is 0.341. The van der Waals surface area contributed by atoms with Crippen molar-refractivity contribution in [2.75, 3.05) is 0 Å². The smallest absolute Gasteiger partial charge is 0.373 e. The minimum Gasteiger partial charge on any atom is -0.394 e. The first kappa shape index (κ1) is 14.5. The van der Waals surface area contributed by atoms with Gasteiger partial charge in [-0.25, -0.2) is 0 Å². The van der Waals surface area contributed by atoms with E-state index in [0.717, 1.165) is 24.0 Å². The van der Waals surface area contributed by atoms with Crippen molar-refractivity contribution in [1.82, 2.24) is 14.5 Å². The van der Waals surface area contributed by atoms with Crippen LogP contribution in [0.3, 0.4) is 0 Å². The predicted octanol–water partition coefficient (Wildman–Crippen LogP) is 4.23. The van der Waals surface area contributed by atoms with Crippen molar-refractivity contribution in [3.05, 3.63) is 29.4 Å². The van der Waals surface area contributed by atoms with Gasteiger partial charge in [0.2, 0.25) is 5.65 Å². The molecular formula is C16H22N4. The van der Waals surface area contributed by atoms with E-state index in [1.54, 1.807) is 6.20 Å². The van der Waals surface area contributed by atoms with Gasteiger partial charge in [0.1, 0.15) is 0 Å². The zero-order chi connectivity index (χ0) is 14.9. The number of aromatic nitrogens is 3. The van der Waals surface area contributed by atoms with Gasteiger partial charge in [-0.05, 0) is 23.8 Å². The Balaban J connectivity index is 2.60. The SMILES string of the molecule is [C-]#[N+]c1ncc2cc(CC(C)C)n(CC(C)(C)C)c2n1. The standard InChI is InChI=1S/C16H22N4/c1-11(2)7-13-8-12-9-18-15(17-6)19-14(12)20(13)10-16(3,4)5/h8-9,11H,7,10H2,1-5H3. The third kappa shape index (κ3) is 3.16. The molecule has 20 heavy (non-hydrogen) atoms. The van der Waals surface area contributed by atoms with E-state index in [-0.39, 0.29) is 11.4 Å². The Morgan fingerprint density at radius 1 is 1.35 bits per heavy atom. The van der Waals surface area contributed by atoms with Crippen molar-refractivity contribution in [2.24, 2.45) is 11.3 Å². The second-order valence-electron chi connectivity index (χ2n) is 6.94. The fraction of sp³-hybridized carbons (Fsp3) is 0.562. The highest BCUT2D eigenvalue weighted by Gasteiger charge is 2.19. The molecule has 0 spiro atoms. The van der Waals surface area contributed by atoms with Crippen LogP contribution in [0.1, 0.15) is 40.3 Å². The number of fused-ring (bicyclic) bond motifs is 1. The summed E-state index contributed by atoms with van der Waals surface area (Å²) in [4.78, 5) is 11.8. The maximum atomic E-state index is 7.08. The molecule has 2 rings (SSSR count). The largest absolute Gasteiger partial charge is 0.394 e. The van der Waals surface area contributed by atoms with Crippen molar-refractivity contribution >= 4 is 17.0 Å². The molecule has 106 valence electrons. The minimum atomic E-state index is 0.168. The zero-order valence-electron chi connectivity index (χ0n) is 12.9. The normalized spacial score (nSPS) is 12.1. The Labute approximate surface area is 120 Å². The average Bonchev–Trinajstić information content (AvgIpc) is 2.64. The molecule has 2 heterocycles. The third-order valence-corrected chi connectivity index (χ3v) is 3.06. The maximum absolute atomic E-state index is 7.08. The third-order valence-electron chi connectivity index (χ3n) is 3.06. The van der Waals surface area contributed by atoms with Gasteiger partial charge in [-0.1, -0.05) is 34.6 Å². The van der Waals surface area contributed by atoms with E-state index >= 15 is 0 Å². The Hall–Kier alpha value is -1.89. The van der Waals surface area contributed by atoms with Gasteiger partial charge in [-0.2, -0.15) is 4.98 Å². The number of hydrogen-bond acceptors (Lipinski definition) is 2. The number of nitrogens with zero attached hydrogens (tertiary/aromatic N) is 4. The second kappa shape index (κ2) is 5.24. The summed E-state index contributed by atoms with van der Waals surface area (Å²) in [5, 5.41) is 1.03. The van der Waals surface area contributed by atoms with Crippen LogP contribution in [0.4, 0.5) is 5.95 Å². The van der Waals surface area contributed by atoms with Crippen molar-refractivity contribution in [1.29, 1.82) is 0 Å². The van der Waals surface area contributed by atoms with E-state index in [2.05, 4.69) is 60.1 Å². The van der Waals surface area contributed by atoms with E-state index in [1.807, 2.05) is 0 Å². The summed E-state index contributed by atoms with van der Waals surface area (Å²) >= 11 is 0. The fourth-order valence-electron chi connectivity index (χ4n) is 2.38. The van der Waals surface area contributed by atoms with E-state index in [9.17, 15) is 0 Å². The molecule has 0 aliphatic rings. The summed E-state index contributed by atoms with van der Waals surface area (Å²) < 4.78 is 2.26. The van der Waals surface area contributed by atoms with Crippen LogP contribution in [-0.4, -0.2) is 14.5 Å². The molecule has 0 aromatic carbocycles. The molecular weight excluding hydrogens is 248 g/mol. The molecule has 2 aromatic rings. The van der Waals surface area contributed by atoms with Crippen LogP contribution in [0.15, 0.2) is 12.3 Å². The molecule has 0 unspecified atom stereocenters. The fourth-order valence-corrected chi connectivity index (χ4v) is 2.38. The van der Waals surface area contributed by atoms with E-state index in [1.165, 1.54) is 5.69 Å². The van der Waals surface area contributed by atoms with Crippen LogP contribution >= 0.6 is 0 Å². The van der Waals surface area contributed by atoms with Crippen LogP contribution in [0.2, 0.25) is 0 Å². The van der Waals surface area contributed by atoms with Gasteiger partial charge in [0, 0.05) is 12.2 Å². The number of rotatable bonds is 3. The van der Waals surface area contributed by atoms with E-state index in [4.69, 9.17) is 6.57 Å². The first-order valence-electron chi connectivity index (χ1n) is 7.03. The minimum absolute atomic E-state index is 0.168. The van der Waals surface area contributed by atoms with E-state index < -0.39 is 0 Å². The average molecular weight is 270 g/mol. The van der Waals surface area contributed by atoms with Gasteiger partial charge in [-0.15, -0.1) is 11.6 Å². The first-order chi connectivity index (χ1) is 9.30. The van der Waals surface area contributed by atoms with Gasteiger partial charge in [-0.3, -0.25) is 0 Å². The van der Waals surface area contributed by atoms with Crippen LogP contribution in [0.5, 0.6) is 0 Å². The molecule has 0 aliphatic heterocycles. The summed E-state index contributed by atoms with van der Waals surface area (Å²) in [5.74, 6) is 0.813. The molecule has 4 nitrogen and oxygen atoms in total. The summed E-state index contributed by atoms with van der Waals surface area (Å²) in [6.07, 6.45) is 2.78. The van der Waals surface area contributed by atoms with Crippen LogP contribution in [0.25, 0.3) is 15.9 Å². The Morgan fingerprint density at radius 2 is 2.05 bits per heavy atom. The molecule has 2 aromatic heterocycles. The predicted molar refractivity (Wildman–Crippen MR) is 81.8 cm³/mol. The molecule has 0 atom stereocenters. The van der Waals surface area contributed by atoms with Gasteiger partial charge < -0.3 is 9.41 Å². The molecule has 0 fully saturated rings. The van der Waals surface area contributed by atoms with Gasteiger partial charge >= 0.3 is 5.95 Å². The zero-order valence-corrected chi connectivity index (χ0v) is 12.9. The molecule has 0 amide bonds. The molecule has 0 saturated carbocycles. The molecule has 0 bridgehead atoms. The van der Waals surface area contributed by atoms with E-state index in [0.29, 0.717) is 5.92 Å². The highest BCUT2D eigenvalue weighted by molar-refractivity contribution is 5.77. The van der Waals surface area contributed by atoms with Crippen LogP contribution < -0.4 is 0 Å². The number of hydrogen-bond donors (Lipinski definition) is 0. The molecule has 4 heteroatoms. The topological polar surface area (TPSA) is 35.1 Å². The highest BCUT2D eigenvalue weighted by atomic mass is 15.1. The first-order valence-corrected chi connectivity index (χ1v) is 7.03. The molecule has 0 radical (unpaired) electrons. The summed E-state index contributed by atoms with van der Waals surface area (Å²) in [5.41, 5.74) is 2.33. The van der Waals surface area contributed by atoms with Gasteiger partial charge in [0.05, 0.1) is 11.6 Å². The maximum Gasteiger partial charge on any atom is 0.373 e. The van der Waals surface area contributed by atoms with Crippen molar-refractivity contribution in [3.8, 4) is 0 Å². The van der Waals surface area contributed by atoms with Crippen LogP contribution in [-0.2, 0) is 13.0 Å². The molecule has 0 N–H and O–H groups in total. The summed E-state index contributed by atoms with van der Waals surface area (Å²) in [6, 6.07) is 2.16. The Morgan fingerprint density at radius 3 is 2.60 bits per heavy atom. The van der Waals surface area contributed by atoms with Crippen LogP contribution in [0, 0.1) is 17.9 Å². The lowest BCUT2D eigenvalue weighted by Crippen LogP contribution is -2.18. The summed E-state index contributed by atoms with van der Waals surface area (Å²) in [6.45, 7) is 19.1. The Bertz CT molecular complexity index is 653. The van der Waals surface area contributed by atoms with Gasteiger partial charge in [0.15, 0.2) is 0 Å². The molecule has 0 aliphatic carbocycles. The van der Waals surface area contributed by atoms with Crippen molar-refractivity contribution < 1.29 is 0 Å². The second-order valence-corrected chi connectivity index (χ2v) is 6.94.